The van der Waals surface area contributed by atoms with Gasteiger partial charge in [0.1, 0.15) is 0 Å². The summed E-state index contributed by atoms with van der Waals surface area (Å²) < 4.78 is 0. The lowest BCUT2D eigenvalue weighted by Gasteiger charge is -1.98. The number of hydrogen-bond acceptors (Lipinski definition) is 2. The van der Waals surface area contributed by atoms with Crippen molar-refractivity contribution < 1.29 is 5.11 Å². The molecule has 0 aliphatic rings. The van der Waals surface area contributed by atoms with Crippen LogP contribution in [0.15, 0.2) is 29.5 Å². The zero-order valence-corrected chi connectivity index (χ0v) is 5.77. The minimum atomic E-state index is -0.490. The molecule has 0 spiro atoms. The molecule has 1 atom stereocenters. The summed E-state index contributed by atoms with van der Waals surface area (Å²) in [5.74, 6) is 0. The molecule has 0 aromatic carbocycles. The maximum atomic E-state index is 9.11. The van der Waals surface area contributed by atoms with E-state index in [4.69, 9.17) is 5.11 Å². The maximum absolute atomic E-state index is 9.11. The first-order valence-corrected chi connectivity index (χ1v) is 3.61. The molecule has 0 amide bonds. The predicted octanol–water partition coefficient (Wildman–Crippen LogP) is 1.97. The lowest BCUT2D eigenvalue weighted by atomic mass is 10.2. The van der Waals surface area contributed by atoms with Crippen LogP contribution in [0, 0.1) is 0 Å². The van der Waals surface area contributed by atoms with Gasteiger partial charge in [-0.05, 0) is 22.4 Å². The fraction of sp³-hybridized carbons (Fsp3) is 0.143. The largest absolute Gasteiger partial charge is 0.384 e. The Morgan fingerprint density at radius 3 is 3.00 bits per heavy atom. The second-order valence-electron chi connectivity index (χ2n) is 1.74. The molecule has 1 aromatic heterocycles. The molecule has 9 heavy (non-hydrogen) atoms. The van der Waals surface area contributed by atoms with Crippen molar-refractivity contribution in [2.45, 2.75) is 6.10 Å². The summed E-state index contributed by atoms with van der Waals surface area (Å²) in [6.45, 7) is 3.47. The van der Waals surface area contributed by atoms with E-state index in [1.54, 1.807) is 11.3 Å². The zero-order valence-electron chi connectivity index (χ0n) is 4.95. The van der Waals surface area contributed by atoms with Crippen LogP contribution in [0.4, 0.5) is 0 Å². The Bertz CT molecular complexity index is 179. The van der Waals surface area contributed by atoms with Crippen LogP contribution in [-0.2, 0) is 0 Å². The molecule has 0 radical (unpaired) electrons. The van der Waals surface area contributed by atoms with Gasteiger partial charge in [0.05, 0.1) is 6.10 Å². The fourth-order valence-electron chi connectivity index (χ4n) is 0.579. The van der Waals surface area contributed by atoms with Crippen molar-refractivity contribution in [3.8, 4) is 0 Å². The summed E-state index contributed by atoms with van der Waals surface area (Å²) in [6, 6.07) is 1.89. The maximum Gasteiger partial charge on any atom is 0.0977 e. The second kappa shape index (κ2) is 2.80. The monoisotopic (exact) mass is 140 g/mol. The molecule has 0 bridgehead atoms. The minimum absolute atomic E-state index is 0.490. The average molecular weight is 140 g/mol. The smallest absolute Gasteiger partial charge is 0.0977 e. The Labute approximate surface area is 58.3 Å². The highest BCUT2D eigenvalue weighted by atomic mass is 32.1. The van der Waals surface area contributed by atoms with Gasteiger partial charge in [-0.15, -0.1) is 6.58 Å². The van der Waals surface area contributed by atoms with Crippen molar-refractivity contribution in [1.82, 2.24) is 0 Å². The Morgan fingerprint density at radius 2 is 2.56 bits per heavy atom. The molecular formula is C7H8OS. The molecule has 48 valence electrons. The van der Waals surface area contributed by atoms with Gasteiger partial charge < -0.3 is 5.11 Å². The van der Waals surface area contributed by atoms with Gasteiger partial charge in [-0.1, -0.05) is 6.08 Å². The van der Waals surface area contributed by atoms with Crippen molar-refractivity contribution >= 4 is 11.3 Å². The van der Waals surface area contributed by atoms with Gasteiger partial charge >= 0.3 is 0 Å². The van der Waals surface area contributed by atoms with E-state index in [0.717, 1.165) is 5.56 Å². The highest BCUT2D eigenvalue weighted by Gasteiger charge is 1.99. The third-order valence-corrected chi connectivity index (χ3v) is 1.81. The first kappa shape index (κ1) is 6.52. The highest BCUT2D eigenvalue weighted by Crippen LogP contribution is 2.15. The zero-order chi connectivity index (χ0) is 6.69. The molecule has 0 fully saturated rings. The Morgan fingerprint density at radius 1 is 1.78 bits per heavy atom. The first-order valence-electron chi connectivity index (χ1n) is 2.67. The van der Waals surface area contributed by atoms with Crippen molar-refractivity contribution in [2.75, 3.05) is 0 Å². The Hall–Kier alpha value is -0.600. The molecule has 1 aromatic rings. The topological polar surface area (TPSA) is 20.2 Å². The van der Waals surface area contributed by atoms with Crippen molar-refractivity contribution in [3.05, 3.63) is 35.0 Å². The molecule has 0 saturated heterocycles. The number of rotatable bonds is 2. The lowest BCUT2D eigenvalue weighted by Crippen LogP contribution is -1.87. The fourth-order valence-corrected chi connectivity index (χ4v) is 1.27. The number of thiophene rings is 1. The molecule has 0 unspecified atom stereocenters. The van der Waals surface area contributed by atoms with Gasteiger partial charge in [-0.2, -0.15) is 11.3 Å². The van der Waals surface area contributed by atoms with E-state index in [9.17, 15) is 0 Å². The van der Waals surface area contributed by atoms with E-state index in [1.807, 2.05) is 16.8 Å². The molecular weight excluding hydrogens is 132 g/mol. The Balaban J connectivity index is 2.76. The van der Waals surface area contributed by atoms with E-state index in [1.165, 1.54) is 6.08 Å². The van der Waals surface area contributed by atoms with Crippen LogP contribution >= 0.6 is 11.3 Å². The van der Waals surface area contributed by atoms with E-state index < -0.39 is 6.10 Å². The third kappa shape index (κ3) is 1.40. The molecule has 0 saturated carbocycles. The van der Waals surface area contributed by atoms with E-state index in [2.05, 4.69) is 6.58 Å². The van der Waals surface area contributed by atoms with Gasteiger partial charge in [0, 0.05) is 0 Å². The molecule has 2 heteroatoms. The summed E-state index contributed by atoms with van der Waals surface area (Å²) in [6.07, 6.45) is 1.03. The van der Waals surface area contributed by atoms with Crippen LogP contribution in [0.5, 0.6) is 0 Å². The molecule has 1 N–H and O–H groups in total. The molecule has 1 rings (SSSR count). The van der Waals surface area contributed by atoms with Crippen LogP contribution in [-0.4, -0.2) is 5.11 Å². The summed E-state index contributed by atoms with van der Waals surface area (Å²) in [7, 11) is 0. The Kier molecular flexibility index (Phi) is 2.03. The minimum Gasteiger partial charge on any atom is -0.384 e. The van der Waals surface area contributed by atoms with E-state index in [-0.39, 0.29) is 0 Å². The number of hydrogen-bond donors (Lipinski definition) is 1. The van der Waals surface area contributed by atoms with Crippen LogP contribution in [0.1, 0.15) is 11.7 Å². The molecule has 0 aliphatic carbocycles. The average Bonchev–Trinajstić information content (AvgIpc) is 2.37. The third-order valence-electron chi connectivity index (χ3n) is 1.11. The van der Waals surface area contributed by atoms with Crippen LogP contribution in [0.2, 0.25) is 0 Å². The summed E-state index contributed by atoms with van der Waals surface area (Å²) >= 11 is 1.58. The second-order valence-corrected chi connectivity index (χ2v) is 2.52. The quantitative estimate of drug-likeness (QED) is 0.623. The lowest BCUT2D eigenvalue weighted by molar-refractivity contribution is 0.229. The van der Waals surface area contributed by atoms with E-state index >= 15 is 0 Å². The van der Waals surface area contributed by atoms with Crippen LogP contribution in [0.25, 0.3) is 0 Å². The highest BCUT2D eigenvalue weighted by molar-refractivity contribution is 7.07. The van der Waals surface area contributed by atoms with Gasteiger partial charge in [-0.25, -0.2) is 0 Å². The van der Waals surface area contributed by atoms with Gasteiger partial charge in [0.2, 0.25) is 0 Å². The standard InChI is InChI=1S/C7H8OS/c1-2-7(8)6-3-4-9-5-6/h2-5,7-8H,1H2/t7-/m0/s1. The SMILES string of the molecule is C=C[C@H](O)c1ccsc1. The van der Waals surface area contributed by atoms with Gasteiger partial charge in [0.25, 0.3) is 0 Å². The summed E-state index contributed by atoms with van der Waals surface area (Å²) in [5, 5.41) is 12.9. The van der Waals surface area contributed by atoms with Gasteiger partial charge in [0.15, 0.2) is 0 Å². The number of aliphatic hydroxyl groups is 1. The van der Waals surface area contributed by atoms with Crippen LogP contribution in [0.3, 0.4) is 0 Å². The summed E-state index contributed by atoms with van der Waals surface area (Å²) in [4.78, 5) is 0. The molecule has 0 aliphatic heterocycles. The van der Waals surface area contributed by atoms with Crippen LogP contribution < -0.4 is 0 Å². The normalized spacial score (nSPS) is 13.0. The van der Waals surface area contributed by atoms with Crippen molar-refractivity contribution in [2.24, 2.45) is 0 Å². The van der Waals surface area contributed by atoms with Crippen molar-refractivity contribution in [1.29, 1.82) is 0 Å². The first-order chi connectivity index (χ1) is 4.34. The summed E-state index contributed by atoms with van der Waals surface area (Å²) in [5.41, 5.74) is 0.926. The predicted molar refractivity (Wildman–Crippen MR) is 39.5 cm³/mol. The van der Waals surface area contributed by atoms with Gasteiger partial charge in [-0.3, -0.25) is 0 Å². The van der Waals surface area contributed by atoms with E-state index in [0.29, 0.717) is 0 Å². The number of aliphatic hydroxyl groups excluding tert-OH is 1. The molecule has 1 nitrogen and oxygen atoms in total. The molecule has 1 heterocycles. The van der Waals surface area contributed by atoms with Crippen molar-refractivity contribution in [3.63, 3.8) is 0 Å².